The predicted octanol–water partition coefficient (Wildman–Crippen LogP) is 0.912. The van der Waals surface area contributed by atoms with E-state index in [9.17, 15) is 8.42 Å². The minimum Gasteiger partial charge on any atom is -0.329 e. The molecule has 7 heteroatoms. The lowest BCUT2D eigenvalue weighted by molar-refractivity contribution is 0.601. The van der Waals surface area contributed by atoms with E-state index in [1.54, 1.807) is 0 Å². The average Bonchev–Trinajstić information content (AvgIpc) is 2.21. The van der Waals surface area contributed by atoms with Gasteiger partial charge in [-0.05, 0) is 18.2 Å². The van der Waals surface area contributed by atoms with E-state index in [-0.39, 0.29) is 23.0 Å². The Hall–Kier alpha value is -1.29. The van der Waals surface area contributed by atoms with Crippen LogP contribution >= 0.6 is 11.6 Å². The molecule has 0 aliphatic rings. The molecule has 0 aliphatic carbocycles. The highest BCUT2D eigenvalue weighted by atomic mass is 35.5. The average molecular weight is 260 g/mol. The third-order valence-electron chi connectivity index (χ3n) is 1.75. The summed E-state index contributed by atoms with van der Waals surface area (Å²) in [7, 11) is -3.50. The van der Waals surface area contributed by atoms with Gasteiger partial charge in [0.15, 0.2) is 0 Å². The molecule has 0 saturated carbocycles. The van der Waals surface area contributed by atoms with Crippen LogP contribution in [0.5, 0.6) is 0 Å². The lowest BCUT2D eigenvalue weighted by Crippen LogP contribution is -2.22. The zero-order valence-corrected chi connectivity index (χ0v) is 9.85. The van der Waals surface area contributed by atoms with Crippen molar-refractivity contribution in [3.05, 3.63) is 28.8 Å². The van der Waals surface area contributed by atoms with Gasteiger partial charge in [-0.3, -0.25) is 4.72 Å². The summed E-state index contributed by atoms with van der Waals surface area (Å²) in [5.41, 5.74) is 5.68. The summed E-state index contributed by atoms with van der Waals surface area (Å²) >= 11 is 5.79. The highest BCUT2D eigenvalue weighted by Gasteiger charge is 2.11. The number of halogens is 1. The lowest BCUT2D eigenvalue weighted by Gasteiger charge is -2.08. The van der Waals surface area contributed by atoms with Gasteiger partial charge in [0.1, 0.15) is 0 Å². The second kappa shape index (κ2) is 5.16. The molecular formula is C9H10ClN3O2S. The Kier molecular flexibility index (Phi) is 4.12. The summed E-state index contributed by atoms with van der Waals surface area (Å²) in [5.74, 6) is -0.194. The van der Waals surface area contributed by atoms with Crippen molar-refractivity contribution in [2.45, 2.75) is 0 Å². The molecule has 1 rings (SSSR count). The third kappa shape index (κ3) is 3.38. The summed E-state index contributed by atoms with van der Waals surface area (Å²) in [4.78, 5) is 0. The number of nitrogens with two attached hydrogens (primary N) is 1. The number of rotatable bonds is 4. The minimum atomic E-state index is -3.50. The van der Waals surface area contributed by atoms with Crippen LogP contribution in [0, 0.1) is 11.3 Å². The first-order chi connectivity index (χ1) is 7.48. The third-order valence-corrected chi connectivity index (χ3v) is 3.38. The van der Waals surface area contributed by atoms with Crippen molar-refractivity contribution in [2.24, 2.45) is 5.73 Å². The molecule has 5 nitrogen and oxygen atoms in total. The van der Waals surface area contributed by atoms with E-state index in [0.29, 0.717) is 5.56 Å². The van der Waals surface area contributed by atoms with Crippen molar-refractivity contribution in [3.63, 3.8) is 0 Å². The molecule has 0 aromatic heterocycles. The number of nitrogens with one attached hydrogen (secondary N) is 1. The molecule has 3 N–H and O–H groups in total. The van der Waals surface area contributed by atoms with Crippen LogP contribution in [0.4, 0.5) is 5.69 Å². The standard InChI is InChI=1S/C9H10ClN3O2S/c10-8-2-1-7(6-12)5-9(8)13-16(14,15)4-3-11/h1-2,5,13H,3-4,11H2. The smallest absolute Gasteiger partial charge is 0.234 e. The molecule has 0 saturated heterocycles. The van der Waals surface area contributed by atoms with Crippen LogP contribution in [0.25, 0.3) is 0 Å². The first-order valence-electron chi connectivity index (χ1n) is 4.39. The van der Waals surface area contributed by atoms with E-state index in [2.05, 4.69) is 4.72 Å². The van der Waals surface area contributed by atoms with Gasteiger partial charge < -0.3 is 5.73 Å². The Morgan fingerprint density at radius 2 is 2.19 bits per heavy atom. The van der Waals surface area contributed by atoms with Gasteiger partial charge in [0.05, 0.1) is 28.1 Å². The number of nitriles is 1. The van der Waals surface area contributed by atoms with Crippen molar-refractivity contribution < 1.29 is 8.42 Å². The van der Waals surface area contributed by atoms with Gasteiger partial charge in [0.25, 0.3) is 0 Å². The normalized spacial score (nSPS) is 10.8. The van der Waals surface area contributed by atoms with E-state index < -0.39 is 10.0 Å². The van der Waals surface area contributed by atoms with Gasteiger partial charge in [-0.1, -0.05) is 11.6 Å². The molecule has 16 heavy (non-hydrogen) atoms. The summed E-state index contributed by atoms with van der Waals surface area (Å²) in [6, 6.07) is 6.23. The molecule has 1 aromatic rings. The topological polar surface area (TPSA) is 96.0 Å². The fourth-order valence-electron chi connectivity index (χ4n) is 1.05. The van der Waals surface area contributed by atoms with Crippen LogP contribution in [-0.2, 0) is 10.0 Å². The van der Waals surface area contributed by atoms with E-state index in [1.807, 2.05) is 6.07 Å². The van der Waals surface area contributed by atoms with Gasteiger partial charge in [-0.15, -0.1) is 0 Å². The Balaban J connectivity index is 3.02. The van der Waals surface area contributed by atoms with Gasteiger partial charge in [-0.2, -0.15) is 5.26 Å². The Morgan fingerprint density at radius 1 is 1.50 bits per heavy atom. The first-order valence-corrected chi connectivity index (χ1v) is 6.42. The van der Waals surface area contributed by atoms with Crippen LogP contribution in [0.1, 0.15) is 5.56 Å². The molecule has 0 bridgehead atoms. The van der Waals surface area contributed by atoms with E-state index in [1.165, 1.54) is 18.2 Å². The molecule has 0 spiro atoms. The largest absolute Gasteiger partial charge is 0.329 e. The first kappa shape index (κ1) is 12.8. The van der Waals surface area contributed by atoms with Crippen LogP contribution in [0.3, 0.4) is 0 Å². The minimum absolute atomic E-state index is 0.0187. The SMILES string of the molecule is N#Cc1ccc(Cl)c(NS(=O)(=O)CCN)c1. The fraction of sp³-hybridized carbons (Fsp3) is 0.222. The molecule has 0 radical (unpaired) electrons. The maximum absolute atomic E-state index is 11.4. The Morgan fingerprint density at radius 3 is 2.75 bits per heavy atom. The van der Waals surface area contributed by atoms with E-state index in [0.717, 1.165) is 0 Å². The van der Waals surface area contributed by atoms with Gasteiger partial charge in [0.2, 0.25) is 10.0 Å². The molecule has 0 atom stereocenters. The molecule has 0 aliphatic heterocycles. The van der Waals surface area contributed by atoms with Crippen molar-refractivity contribution >= 4 is 27.3 Å². The van der Waals surface area contributed by atoms with Gasteiger partial charge in [0, 0.05) is 6.54 Å². The number of hydrogen-bond acceptors (Lipinski definition) is 4. The van der Waals surface area contributed by atoms with Crippen molar-refractivity contribution in [1.29, 1.82) is 5.26 Å². The maximum Gasteiger partial charge on any atom is 0.234 e. The van der Waals surface area contributed by atoms with E-state index >= 15 is 0 Å². The van der Waals surface area contributed by atoms with Crippen molar-refractivity contribution in [2.75, 3.05) is 17.0 Å². The maximum atomic E-state index is 11.4. The molecule has 1 aromatic carbocycles. The second-order valence-electron chi connectivity index (χ2n) is 3.02. The Bertz CT molecular complexity index is 522. The van der Waals surface area contributed by atoms with Crippen LogP contribution in [0.15, 0.2) is 18.2 Å². The number of anilines is 1. The molecular weight excluding hydrogens is 250 g/mol. The van der Waals surface area contributed by atoms with Crippen molar-refractivity contribution in [3.8, 4) is 6.07 Å². The lowest BCUT2D eigenvalue weighted by atomic mass is 10.2. The zero-order chi connectivity index (χ0) is 12.2. The van der Waals surface area contributed by atoms with Crippen molar-refractivity contribution in [1.82, 2.24) is 0 Å². The van der Waals surface area contributed by atoms with Crippen LogP contribution in [-0.4, -0.2) is 20.7 Å². The van der Waals surface area contributed by atoms with E-state index in [4.69, 9.17) is 22.6 Å². The Labute approximate surface area is 98.9 Å². The monoisotopic (exact) mass is 259 g/mol. The number of nitrogens with zero attached hydrogens (tertiary/aromatic N) is 1. The van der Waals surface area contributed by atoms with Gasteiger partial charge in [-0.25, -0.2) is 8.42 Å². The summed E-state index contributed by atoms with van der Waals surface area (Å²) in [6.45, 7) is 0.0187. The molecule has 0 heterocycles. The highest BCUT2D eigenvalue weighted by Crippen LogP contribution is 2.23. The fourth-order valence-corrected chi connectivity index (χ4v) is 2.18. The molecule has 0 amide bonds. The summed E-state index contributed by atoms with van der Waals surface area (Å²) < 4.78 is 25.1. The van der Waals surface area contributed by atoms with Crippen LogP contribution < -0.4 is 10.5 Å². The molecule has 86 valence electrons. The quantitative estimate of drug-likeness (QED) is 0.840. The zero-order valence-electron chi connectivity index (χ0n) is 8.27. The predicted molar refractivity (Wildman–Crippen MR) is 62.6 cm³/mol. The summed E-state index contributed by atoms with van der Waals surface area (Å²) in [5, 5.41) is 8.90. The van der Waals surface area contributed by atoms with Gasteiger partial charge >= 0.3 is 0 Å². The molecule has 0 unspecified atom stereocenters. The second-order valence-corrected chi connectivity index (χ2v) is 5.27. The summed E-state index contributed by atoms with van der Waals surface area (Å²) in [6.07, 6.45) is 0. The van der Waals surface area contributed by atoms with Crippen LogP contribution in [0.2, 0.25) is 5.02 Å². The highest BCUT2D eigenvalue weighted by molar-refractivity contribution is 7.92. The number of hydrogen-bond donors (Lipinski definition) is 2. The number of benzene rings is 1. The number of sulfonamides is 1. The molecule has 0 fully saturated rings.